The molecule has 2 atom stereocenters. The molecule has 1 fully saturated rings. The Hall–Kier alpha value is -2.61. The Morgan fingerprint density at radius 2 is 1.71 bits per heavy atom. The van der Waals surface area contributed by atoms with Crippen molar-refractivity contribution in [1.29, 1.82) is 0 Å². The first-order valence-corrected chi connectivity index (χ1v) is 11.7. The number of halogens is 6. The van der Waals surface area contributed by atoms with E-state index in [-0.39, 0.29) is 24.4 Å². The molecule has 4 rings (SSSR count). The minimum atomic E-state index is -4.75. The lowest BCUT2D eigenvalue weighted by Crippen LogP contribution is -2.38. The van der Waals surface area contributed by atoms with Gasteiger partial charge in [-0.25, -0.2) is 4.39 Å². The SMILES string of the molecule is CN(Cc1ccc(C(F)(F)F)c(F)c1)C1CN(C(=O)c2ccccc2)CC1c1ccc(Cl)c(Cl)c1. The van der Waals surface area contributed by atoms with Crippen molar-refractivity contribution < 1.29 is 22.4 Å². The minimum Gasteiger partial charge on any atom is -0.336 e. The molecule has 9 heteroatoms. The summed E-state index contributed by atoms with van der Waals surface area (Å²) in [5.41, 5.74) is 0.559. The van der Waals surface area contributed by atoms with Crippen molar-refractivity contribution >= 4 is 29.1 Å². The topological polar surface area (TPSA) is 23.6 Å². The lowest BCUT2D eigenvalue weighted by Gasteiger charge is -2.29. The number of benzene rings is 3. The zero-order chi connectivity index (χ0) is 25.3. The molecule has 0 aliphatic carbocycles. The predicted molar refractivity (Wildman–Crippen MR) is 128 cm³/mol. The van der Waals surface area contributed by atoms with E-state index in [1.165, 1.54) is 6.07 Å². The summed E-state index contributed by atoms with van der Waals surface area (Å²) in [7, 11) is 1.81. The fourth-order valence-electron chi connectivity index (χ4n) is 4.53. The number of carbonyl (C=O) groups excluding carboxylic acids is 1. The molecular formula is C26H22Cl2F4N2O. The molecule has 3 aromatic carbocycles. The third kappa shape index (κ3) is 5.63. The Labute approximate surface area is 210 Å². The highest BCUT2D eigenvalue weighted by atomic mass is 35.5. The molecule has 3 aromatic rings. The van der Waals surface area contributed by atoms with Gasteiger partial charge in [0.25, 0.3) is 5.91 Å². The molecule has 2 unspecified atom stereocenters. The summed E-state index contributed by atoms with van der Waals surface area (Å²) in [5.74, 6) is -1.56. The maximum atomic E-state index is 14.1. The van der Waals surface area contributed by atoms with Gasteiger partial charge in [-0.2, -0.15) is 13.2 Å². The smallest absolute Gasteiger partial charge is 0.336 e. The Morgan fingerprint density at radius 1 is 1.00 bits per heavy atom. The maximum absolute atomic E-state index is 14.1. The average Bonchev–Trinajstić information content (AvgIpc) is 3.26. The summed E-state index contributed by atoms with van der Waals surface area (Å²) in [6, 6.07) is 17.0. The zero-order valence-corrected chi connectivity index (χ0v) is 20.2. The first kappa shape index (κ1) is 25.5. The quantitative estimate of drug-likeness (QED) is 0.339. The van der Waals surface area contributed by atoms with Crippen LogP contribution in [0.3, 0.4) is 0 Å². The van der Waals surface area contributed by atoms with Crippen LogP contribution in [0.1, 0.15) is 33.0 Å². The number of carbonyl (C=O) groups is 1. The normalized spacial score (nSPS) is 18.3. The standard InChI is InChI=1S/C26H22Cl2F4N2O/c1-33(13-16-7-9-20(23(29)11-16)26(30,31)32)24-15-34(25(35)17-5-3-2-4-6-17)14-19(24)18-8-10-21(27)22(28)12-18/h2-12,19,24H,13-15H2,1H3. The first-order chi connectivity index (χ1) is 16.5. The third-order valence-electron chi connectivity index (χ3n) is 6.31. The van der Waals surface area contributed by atoms with E-state index >= 15 is 0 Å². The van der Waals surface area contributed by atoms with Gasteiger partial charge in [0.15, 0.2) is 0 Å². The van der Waals surface area contributed by atoms with Crippen molar-refractivity contribution in [3.8, 4) is 0 Å². The van der Waals surface area contributed by atoms with Crippen LogP contribution < -0.4 is 0 Å². The van der Waals surface area contributed by atoms with E-state index in [4.69, 9.17) is 23.2 Å². The molecule has 0 saturated carbocycles. The predicted octanol–water partition coefficient (Wildman–Crippen LogP) is 6.89. The highest BCUT2D eigenvalue weighted by molar-refractivity contribution is 6.42. The van der Waals surface area contributed by atoms with Crippen LogP contribution in [0.5, 0.6) is 0 Å². The third-order valence-corrected chi connectivity index (χ3v) is 7.04. The highest BCUT2D eigenvalue weighted by Gasteiger charge is 2.39. The fourth-order valence-corrected chi connectivity index (χ4v) is 4.83. The van der Waals surface area contributed by atoms with Crippen molar-refractivity contribution in [3.63, 3.8) is 0 Å². The lowest BCUT2D eigenvalue weighted by atomic mass is 9.93. The second-order valence-electron chi connectivity index (χ2n) is 8.65. The van der Waals surface area contributed by atoms with E-state index in [2.05, 4.69) is 0 Å². The largest absolute Gasteiger partial charge is 0.419 e. The summed E-state index contributed by atoms with van der Waals surface area (Å²) < 4.78 is 53.0. The maximum Gasteiger partial charge on any atom is 0.419 e. The summed E-state index contributed by atoms with van der Waals surface area (Å²) in [6.45, 7) is 1.01. The molecule has 1 aliphatic rings. The number of hydrogen-bond acceptors (Lipinski definition) is 2. The Kier molecular flexibility index (Phi) is 7.40. The lowest BCUT2D eigenvalue weighted by molar-refractivity contribution is -0.140. The van der Waals surface area contributed by atoms with Gasteiger partial charge >= 0.3 is 6.18 Å². The monoisotopic (exact) mass is 524 g/mol. The van der Waals surface area contributed by atoms with Gasteiger partial charge in [-0.1, -0.05) is 53.5 Å². The van der Waals surface area contributed by atoms with Crippen LogP contribution in [0.4, 0.5) is 17.6 Å². The van der Waals surface area contributed by atoms with Crippen molar-refractivity contribution in [2.75, 3.05) is 20.1 Å². The molecule has 0 radical (unpaired) electrons. The molecule has 1 saturated heterocycles. The number of hydrogen-bond donors (Lipinski definition) is 0. The van der Waals surface area contributed by atoms with Crippen LogP contribution in [-0.2, 0) is 12.7 Å². The first-order valence-electron chi connectivity index (χ1n) is 10.9. The fraction of sp³-hybridized carbons (Fsp3) is 0.269. The van der Waals surface area contributed by atoms with E-state index in [9.17, 15) is 22.4 Å². The Balaban J connectivity index is 1.61. The van der Waals surface area contributed by atoms with Crippen LogP contribution in [0.15, 0.2) is 66.7 Å². The van der Waals surface area contributed by atoms with E-state index in [0.29, 0.717) is 34.3 Å². The van der Waals surface area contributed by atoms with Crippen LogP contribution in [0.25, 0.3) is 0 Å². The summed E-state index contributed by atoms with van der Waals surface area (Å²) >= 11 is 12.3. The molecule has 1 amide bonds. The number of likely N-dealkylation sites (N-methyl/N-ethyl adjacent to an activating group) is 1. The second kappa shape index (κ2) is 10.2. The zero-order valence-electron chi connectivity index (χ0n) is 18.7. The van der Waals surface area contributed by atoms with Gasteiger partial charge in [0.2, 0.25) is 0 Å². The van der Waals surface area contributed by atoms with E-state index < -0.39 is 17.6 Å². The van der Waals surface area contributed by atoms with Crippen LogP contribution >= 0.6 is 23.2 Å². The van der Waals surface area contributed by atoms with Crippen LogP contribution in [-0.4, -0.2) is 41.9 Å². The number of alkyl halides is 3. The molecule has 184 valence electrons. The van der Waals surface area contributed by atoms with Crippen molar-refractivity contribution in [2.24, 2.45) is 0 Å². The van der Waals surface area contributed by atoms with Gasteiger partial charge in [0.05, 0.1) is 15.6 Å². The van der Waals surface area contributed by atoms with Crippen LogP contribution in [0, 0.1) is 5.82 Å². The highest BCUT2D eigenvalue weighted by Crippen LogP contribution is 2.36. The van der Waals surface area contributed by atoms with E-state index in [1.807, 2.05) is 17.0 Å². The van der Waals surface area contributed by atoms with Gasteiger partial charge in [-0.05, 0) is 54.6 Å². The number of nitrogens with zero attached hydrogens (tertiary/aromatic N) is 2. The number of rotatable bonds is 5. The van der Waals surface area contributed by atoms with E-state index in [1.54, 1.807) is 48.3 Å². The van der Waals surface area contributed by atoms with Gasteiger partial charge in [0, 0.05) is 37.2 Å². The summed E-state index contributed by atoms with van der Waals surface area (Å²) in [5, 5.41) is 0.805. The van der Waals surface area contributed by atoms with Crippen molar-refractivity contribution in [1.82, 2.24) is 9.80 Å². The summed E-state index contributed by atoms with van der Waals surface area (Å²) in [6.07, 6.45) is -4.75. The average molecular weight is 525 g/mol. The molecule has 35 heavy (non-hydrogen) atoms. The number of amides is 1. The van der Waals surface area contributed by atoms with E-state index in [0.717, 1.165) is 17.7 Å². The molecule has 0 aromatic heterocycles. The van der Waals surface area contributed by atoms with Gasteiger partial charge in [-0.3, -0.25) is 9.69 Å². The summed E-state index contributed by atoms with van der Waals surface area (Å²) in [4.78, 5) is 16.8. The number of likely N-dealkylation sites (tertiary alicyclic amines) is 1. The molecule has 0 bridgehead atoms. The molecule has 0 N–H and O–H groups in total. The van der Waals surface area contributed by atoms with Crippen molar-refractivity contribution in [2.45, 2.75) is 24.7 Å². The minimum absolute atomic E-state index is 0.118. The molecule has 1 heterocycles. The van der Waals surface area contributed by atoms with Crippen molar-refractivity contribution in [3.05, 3.63) is 105 Å². The molecule has 1 aliphatic heterocycles. The Bertz CT molecular complexity index is 1220. The van der Waals surface area contributed by atoms with Crippen LogP contribution in [0.2, 0.25) is 10.0 Å². The Morgan fingerprint density at radius 3 is 2.34 bits per heavy atom. The van der Waals surface area contributed by atoms with Gasteiger partial charge in [-0.15, -0.1) is 0 Å². The molecule has 3 nitrogen and oxygen atoms in total. The molecular weight excluding hydrogens is 503 g/mol. The van der Waals surface area contributed by atoms with Gasteiger partial charge in [0.1, 0.15) is 5.82 Å². The van der Waals surface area contributed by atoms with Gasteiger partial charge < -0.3 is 4.90 Å². The second-order valence-corrected chi connectivity index (χ2v) is 9.47. The molecule has 0 spiro atoms.